The molecule has 1 N–H and O–H groups in total. The topological polar surface area (TPSA) is 84.1 Å². The van der Waals surface area contributed by atoms with Gasteiger partial charge in [0, 0.05) is 28.2 Å². The Morgan fingerprint density at radius 1 is 1.35 bits per heavy atom. The maximum Gasteiger partial charge on any atom is 0.322 e. The minimum absolute atomic E-state index is 0.354. The van der Waals surface area contributed by atoms with Crippen LogP contribution in [0.4, 0.5) is 0 Å². The van der Waals surface area contributed by atoms with Crippen LogP contribution >= 0.6 is 22.9 Å². The lowest BCUT2D eigenvalue weighted by Gasteiger charge is -2.32. The third-order valence-electron chi connectivity index (χ3n) is 4.44. The van der Waals surface area contributed by atoms with Gasteiger partial charge in [-0.3, -0.25) is 9.69 Å². The molecule has 9 heteroatoms. The molecule has 1 aromatic carbocycles. The lowest BCUT2D eigenvalue weighted by Crippen LogP contribution is -2.47. The lowest BCUT2D eigenvalue weighted by molar-refractivity contribution is -0.145. The summed E-state index contributed by atoms with van der Waals surface area (Å²) in [6, 6.07) is 6.91. The maximum atomic E-state index is 11.7. The van der Waals surface area contributed by atoms with Crippen LogP contribution in [0.1, 0.15) is 16.5 Å². The first-order valence-electron chi connectivity index (χ1n) is 8.07. The van der Waals surface area contributed by atoms with Crippen LogP contribution in [0.25, 0.3) is 10.6 Å². The molecule has 0 aliphatic carbocycles. The highest BCUT2D eigenvalue weighted by molar-refractivity contribution is 7.15. The Labute approximate surface area is 158 Å². The maximum absolute atomic E-state index is 11.7. The van der Waals surface area contributed by atoms with Gasteiger partial charge in [0.2, 0.25) is 0 Å². The van der Waals surface area contributed by atoms with Gasteiger partial charge in [0.15, 0.2) is 0 Å². The first-order valence-corrected chi connectivity index (χ1v) is 9.27. The minimum atomic E-state index is -0.841. The molecule has 1 unspecified atom stereocenters. The van der Waals surface area contributed by atoms with E-state index in [1.165, 1.54) is 0 Å². The molecule has 1 aliphatic rings. The molecule has 3 heterocycles. The zero-order valence-corrected chi connectivity index (χ0v) is 15.5. The molecule has 4 rings (SSSR count). The Hall–Kier alpha value is -2.29. The molecular formula is C17H16ClN5O2S. The fraction of sp³-hybridized carbons (Fsp3) is 0.294. The highest BCUT2D eigenvalue weighted by atomic mass is 35.5. The number of benzene rings is 1. The smallest absolute Gasteiger partial charge is 0.322 e. The number of hydrogen-bond acceptors (Lipinski definition) is 6. The summed E-state index contributed by atoms with van der Waals surface area (Å²) in [6.07, 6.45) is 1.80. The molecular weight excluding hydrogens is 374 g/mol. The van der Waals surface area contributed by atoms with Crippen LogP contribution in [0.2, 0.25) is 5.02 Å². The van der Waals surface area contributed by atoms with Crippen LogP contribution in [-0.4, -0.2) is 41.8 Å². The Morgan fingerprint density at radius 2 is 2.12 bits per heavy atom. The van der Waals surface area contributed by atoms with Gasteiger partial charge >= 0.3 is 5.97 Å². The first kappa shape index (κ1) is 17.1. The molecule has 0 amide bonds. The number of fused-ring (bicyclic) bond motifs is 1. The summed E-state index contributed by atoms with van der Waals surface area (Å²) < 4.78 is 1.88. The number of thiazole rings is 1. The Bertz CT molecular complexity index is 952. The van der Waals surface area contributed by atoms with Crippen LogP contribution < -0.4 is 0 Å². The molecule has 134 valence electrons. The van der Waals surface area contributed by atoms with E-state index >= 15 is 0 Å². The average Bonchev–Trinajstić information content (AvgIpc) is 3.22. The second kappa shape index (κ2) is 6.79. The summed E-state index contributed by atoms with van der Waals surface area (Å²) in [5.74, 6) is 0.697. The quantitative estimate of drug-likeness (QED) is 0.738. The fourth-order valence-corrected chi connectivity index (χ4v) is 4.14. The number of aryl methyl sites for hydroxylation is 1. The van der Waals surface area contributed by atoms with E-state index in [1.54, 1.807) is 17.5 Å². The molecule has 0 radical (unpaired) electrons. The third kappa shape index (κ3) is 3.23. The molecule has 0 fully saturated rings. The number of carboxylic acids is 1. The van der Waals surface area contributed by atoms with Crippen LogP contribution in [0, 0.1) is 6.92 Å². The van der Waals surface area contributed by atoms with Crippen LogP contribution in [0.3, 0.4) is 0 Å². The van der Waals surface area contributed by atoms with E-state index in [-0.39, 0.29) is 0 Å². The Balaban J connectivity index is 1.56. The molecule has 0 saturated carbocycles. The number of halogens is 1. The zero-order valence-electron chi connectivity index (χ0n) is 14.0. The largest absolute Gasteiger partial charge is 0.480 e. The van der Waals surface area contributed by atoms with Crippen LogP contribution in [0.5, 0.6) is 0 Å². The van der Waals surface area contributed by atoms with Gasteiger partial charge < -0.3 is 9.67 Å². The molecule has 7 nitrogen and oxygen atoms in total. The van der Waals surface area contributed by atoms with Gasteiger partial charge in [-0.15, -0.1) is 21.5 Å². The fourth-order valence-electron chi connectivity index (χ4n) is 3.07. The lowest BCUT2D eigenvalue weighted by atomic mass is 10.2. The van der Waals surface area contributed by atoms with E-state index in [9.17, 15) is 9.90 Å². The minimum Gasteiger partial charge on any atom is -0.480 e. The van der Waals surface area contributed by atoms with Gasteiger partial charge in [0.1, 0.15) is 22.7 Å². The van der Waals surface area contributed by atoms with Gasteiger partial charge in [-0.2, -0.15) is 0 Å². The van der Waals surface area contributed by atoms with E-state index in [1.807, 2.05) is 40.7 Å². The Morgan fingerprint density at radius 3 is 2.85 bits per heavy atom. The average molecular weight is 390 g/mol. The number of carbonyl (C=O) groups is 1. The predicted octanol–water partition coefficient (Wildman–Crippen LogP) is 2.83. The zero-order chi connectivity index (χ0) is 18.3. The molecule has 26 heavy (non-hydrogen) atoms. The summed E-state index contributed by atoms with van der Waals surface area (Å²) in [5, 5.41) is 19.4. The van der Waals surface area contributed by atoms with Gasteiger partial charge in [-0.1, -0.05) is 23.7 Å². The standard InChI is InChI=1S/C17H16ClN5O2S/c1-10-20-21-15-9-22(14(17(24)25)8-23(10)15)7-13-6-19-16(26-13)11-2-4-12(18)5-3-11/h2-6,14H,7-9H2,1H3,(H,24,25). The second-order valence-electron chi connectivity index (χ2n) is 6.17. The van der Waals surface area contributed by atoms with Gasteiger partial charge in [-0.05, 0) is 19.1 Å². The summed E-state index contributed by atoms with van der Waals surface area (Å²) in [7, 11) is 0. The molecule has 1 atom stereocenters. The number of hydrogen-bond donors (Lipinski definition) is 1. The predicted molar refractivity (Wildman–Crippen MR) is 98.0 cm³/mol. The third-order valence-corrected chi connectivity index (χ3v) is 5.73. The van der Waals surface area contributed by atoms with Crippen molar-refractivity contribution in [1.29, 1.82) is 0 Å². The number of nitrogens with zero attached hydrogens (tertiary/aromatic N) is 5. The van der Waals surface area contributed by atoms with Crippen molar-refractivity contribution in [3.63, 3.8) is 0 Å². The number of carboxylic acid groups (broad SMARTS) is 1. The van der Waals surface area contributed by atoms with E-state index in [4.69, 9.17) is 11.6 Å². The van der Waals surface area contributed by atoms with Crippen LogP contribution in [-0.2, 0) is 24.4 Å². The monoisotopic (exact) mass is 389 g/mol. The van der Waals surface area contributed by atoms with Crippen molar-refractivity contribution in [3.8, 4) is 10.6 Å². The molecule has 0 saturated heterocycles. The summed E-state index contributed by atoms with van der Waals surface area (Å²) in [4.78, 5) is 19.1. The number of rotatable bonds is 4. The summed E-state index contributed by atoms with van der Waals surface area (Å²) >= 11 is 7.48. The first-order chi connectivity index (χ1) is 12.5. The Kier molecular flexibility index (Phi) is 4.47. The normalized spacial score (nSPS) is 17.2. The molecule has 1 aliphatic heterocycles. The highest BCUT2D eigenvalue weighted by Crippen LogP contribution is 2.28. The van der Waals surface area contributed by atoms with Crippen molar-refractivity contribution in [2.45, 2.75) is 32.6 Å². The molecule has 0 bridgehead atoms. The SMILES string of the molecule is Cc1nnc2n1CC(C(=O)O)N(Cc1cnc(-c3ccc(Cl)cc3)s1)C2. The van der Waals surface area contributed by atoms with E-state index in [2.05, 4.69) is 15.2 Å². The van der Waals surface area contributed by atoms with Crippen molar-refractivity contribution in [3.05, 3.63) is 52.0 Å². The van der Waals surface area contributed by atoms with Crippen molar-refractivity contribution >= 4 is 28.9 Å². The molecule has 3 aromatic rings. The highest BCUT2D eigenvalue weighted by Gasteiger charge is 2.33. The van der Waals surface area contributed by atoms with E-state index < -0.39 is 12.0 Å². The van der Waals surface area contributed by atoms with E-state index in [0.717, 1.165) is 27.1 Å². The van der Waals surface area contributed by atoms with Gasteiger partial charge in [0.25, 0.3) is 0 Å². The summed E-state index contributed by atoms with van der Waals surface area (Å²) in [5.41, 5.74) is 0.995. The second-order valence-corrected chi connectivity index (χ2v) is 7.72. The number of aliphatic carboxylic acids is 1. The van der Waals surface area contributed by atoms with Crippen molar-refractivity contribution in [2.75, 3.05) is 0 Å². The van der Waals surface area contributed by atoms with Gasteiger partial charge in [0.05, 0.1) is 13.1 Å². The van der Waals surface area contributed by atoms with Crippen molar-refractivity contribution < 1.29 is 9.90 Å². The summed E-state index contributed by atoms with van der Waals surface area (Å²) in [6.45, 7) is 3.15. The van der Waals surface area contributed by atoms with Crippen molar-refractivity contribution in [2.24, 2.45) is 0 Å². The van der Waals surface area contributed by atoms with E-state index in [0.29, 0.717) is 24.7 Å². The molecule has 0 spiro atoms. The number of aromatic nitrogens is 4. The van der Waals surface area contributed by atoms with Crippen molar-refractivity contribution in [1.82, 2.24) is 24.6 Å². The van der Waals surface area contributed by atoms with Crippen LogP contribution in [0.15, 0.2) is 30.5 Å². The van der Waals surface area contributed by atoms with Gasteiger partial charge in [-0.25, -0.2) is 4.98 Å². The molecule has 2 aromatic heterocycles.